The highest BCUT2D eigenvalue weighted by Crippen LogP contribution is 2.34. The Morgan fingerprint density at radius 2 is 1.82 bits per heavy atom. The van der Waals surface area contributed by atoms with Crippen LogP contribution < -0.4 is 0 Å². The van der Waals surface area contributed by atoms with Gasteiger partial charge in [0.2, 0.25) is 5.76 Å². The third-order valence-corrected chi connectivity index (χ3v) is 2.94. The third kappa shape index (κ3) is 3.07. The van der Waals surface area contributed by atoms with Crippen molar-refractivity contribution in [3.05, 3.63) is 47.4 Å². The Kier molecular flexibility index (Phi) is 5.08. The fourth-order valence-corrected chi connectivity index (χ4v) is 1.98. The van der Waals surface area contributed by atoms with E-state index in [0.29, 0.717) is 13.2 Å². The van der Waals surface area contributed by atoms with Crippen LogP contribution in [0, 0.1) is 11.8 Å². The topological polar surface area (TPSA) is 54.0 Å². The van der Waals surface area contributed by atoms with Gasteiger partial charge in [-0.1, -0.05) is 24.1 Å². The van der Waals surface area contributed by atoms with Gasteiger partial charge in [0.25, 0.3) is 5.76 Å². The lowest BCUT2D eigenvalue weighted by atomic mass is 10.2. The number of carbonyl (C=O) groups is 1. The van der Waals surface area contributed by atoms with Gasteiger partial charge in [-0.3, -0.25) is 0 Å². The second-order valence-electron chi connectivity index (χ2n) is 4.35. The van der Waals surface area contributed by atoms with Crippen molar-refractivity contribution >= 4 is 5.97 Å². The predicted octanol–water partition coefficient (Wildman–Crippen LogP) is 2.22. The summed E-state index contributed by atoms with van der Waals surface area (Å²) >= 11 is 0. The summed E-state index contributed by atoms with van der Waals surface area (Å²) in [7, 11) is 1.40. The lowest BCUT2D eigenvalue weighted by Crippen LogP contribution is -2.33. The number of esters is 1. The predicted molar refractivity (Wildman–Crippen MR) is 79.4 cm³/mol. The highest BCUT2D eigenvalue weighted by atomic mass is 16.7. The summed E-state index contributed by atoms with van der Waals surface area (Å²) in [5.41, 5.74) is 0.774. The molecule has 116 valence electrons. The molecule has 0 saturated carbocycles. The smallest absolute Gasteiger partial charge is 0.381 e. The number of hydrogen-bond donors (Lipinski definition) is 0. The first kappa shape index (κ1) is 15.9. The number of carbonyl (C=O) groups excluding carboxylic acids is 1. The van der Waals surface area contributed by atoms with Crippen LogP contribution in [0.15, 0.2) is 41.9 Å². The van der Waals surface area contributed by atoms with Gasteiger partial charge in [0.15, 0.2) is 0 Å². The summed E-state index contributed by atoms with van der Waals surface area (Å²) in [6.07, 6.45) is 0. The van der Waals surface area contributed by atoms with Crippen LogP contribution in [0.25, 0.3) is 0 Å². The molecular weight excluding hydrogens is 284 g/mol. The molecule has 1 aliphatic rings. The first-order valence-electron chi connectivity index (χ1n) is 7.04. The van der Waals surface area contributed by atoms with Crippen LogP contribution in [0.4, 0.5) is 0 Å². The average molecular weight is 302 g/mol. The number of ether oxygens (including phenoxy) is 4. The summed E-state index contributed by atoms with van der Waals surface area (Å²) in [5, 5.41) is 0. The van der Waals surface area contributed by atoms with Crippen LogP contribution >= 0.6 is 0 Å². The van der Waals surface area contributed by atoms with Gasteiger partial charge in [-0.2, -0.15) is 0 Å². The second kappa shape index (κ2) is 7.01. The molecule has 0 fully saturated rings. The SMILES string of the molecule is CCOC1=C(OCC)C(C#Cc2ccccc2)(OC)OC1=O. The van der Waals surface area contributed by atoms with Crippen molar-refractivity contribution in [1.82, 2.24) is 0 Å². The molecule has 1 heterocycles. The normalized spacial score (nSPS) is 20.2. The standard InChI is InChI=1S/C17H18O5/c1-4-20-14-15(21-5-2)17(19-3,22-16(14)18)12-11-13-9-7-6-8-10-13/h6-10H,4-5H2,1-3H3. The van der Waals surface area contributed by atoms with Crippen LogP contribution in [-0.2, 0) is 23.7 Å². The molecule has 0 spiro atoms. The molecule has 0 aliphatic carbocycles. The molecule has 1 unspecified atom stereocenters. The molecule has 5 nitrogen and oxygen atoms in total. The molecule has 5 heteroatoms. The fourth-order valence-electron chi connectivity index (χ4n) is 1.98. The quantitative estimate of drug-likeness (QED) is 0.616. The minimum absolute atomic E-state index is 0.00793. The minimum Gasteiger partial charge on any atom is -0.487 e. The van der Waals surface area contributed by atoms with Crippen molar-refractivity contribution in [2.75, 3.05) is 20.3 Å². The second-order valence-corrected chi connectivity index (χ2v) is 4.35. The van der Waals surface area contributed by atoms with E-state index >= 15 is 0 Å². The Morgan fingerprint density at radius 3 is 2.41 bits per heavy atom. The zero-order valence-electron chi connectivity index (χ0n) is 12.8. The molecule has 1 aromatic rings. The molecule has 1 aromatic carbocycles. The van der Waals surface area contributed by atoms with Gasteiger partial charge in [-0.25, -0.2) is 4.79 Å². The number of methoxy groups -OCH3 is 1. The lowest BCUT2D eigenvalue weighted by molar-refractivity contribution is -0.181. The van der Waals surface area contributed by atoms with Crippen LogP contribution in [-0.4, -0.2) is 32.1 Å². The van der Waals surface area contributed by atoms with Gasteiger partial charge in [0, 0.05) is 12.7 Å². The molecule has 22 heavy (non-hydrogen) atoms. The van der Waals surface area contributed by atoms with E-state index in [0.717, 1.165) is 5.56 Å². The van der Waals surface area contributed by atoms with Crippen LogP contribution in [0.3, 0.4) is 0 Å². The Hall–Kier alpha value is -2.45. The molecule has 1 atom stereocenters. The van der Waals surface area contributed by atoms with E-state index in [1.54, 1.807) is 13.8 Å². The Bertz CT molecular complexity index is 623. The maximum Gasteiger partial charge on any atom is 0.381 e. The maximum atomic E-state index is 12.0. The first-order chi connectivity index (χ1) is 10.7. The molecular formula is C17H18O5. The molecule has 0 aromatic heterocycles. The summed E-state index contributed by atoms with van der Waals surface area (Å²) in [5.74, 6) is 3.71. The van der Waals surface area contributed by atoms with Crippen molar-refractivity contribution < 1.29 is 23.7 Å². The van der Waals surface area contributed by atoms with E-state index in [9.17, 15) is 4.79 Å². The van der Waals surface area contributed by atoms with Crippen molar-refractivity contribution in [3.8, 4) is 11.8 Å². The molecule has 0 bridgehead atoms. The number of cyclic esters (lactones) is 1. The van der Waals surface area contributed by atoms with Crippen molar-refractivity contribution in [3.63, 3.8) is 0 Å². The van der Waals surface area contributed by atoms with E-state index in [1.807, 2.05) is 30.3 Å². The Labute approximate surface area is 129 Å². The molecule has 0 radical (unpaired) electrons. The largest absolute Gasteiger partial charge is 0.487 e. The minimum atomic E-state index is -1.58. The number of rotatable bonds is 5. The Balaban J connectivity index is 2.44. The molecule has 2 rings (SSSR count). The van der Waals surface area contributed by atoms with Crippen LogP contribution in [0.5, 0.6) is 0 Å². The average Bonchev–Trinajstić information content (AvgIpc) is 2.80. The van der Waals surface area contributed by atoms with Crippen molar-refractivity contribution in [2.24, 2.45) is 0 Å². The van der Waals surface area contributed by atoms with Gasteiger partial charge in [0.05, 0.1) is 13.2 Å². The number of benzene rings is 1. The van der Waals surface area contributed by atoms with Crippen LogP contribution in [0.2, 0.25) is 0 Å². The zero-order chi connectivity index (χ0) is 16.0. The molecule has 1 aliphatic heterocycles. The fraction of sp³-hybridized carbons (Fsp3) is 0.353. The first-order valence-corrected chi connectivity index (χ1v) is 7.04. The van der Waals surface area contributed by atoms with Gasteiger partial charge >= 0.3 is 11.8 Å². The van der Waals surface area contributed by atoms with Gasteiger partial charge in [-0.15, -0.1) is 0 Å². The molecule has 0 N–H and O–H groups in total. The highest BCUT2D eigenvalue weighted by molar-refractivity contribution is 5.90. The van der Waals surface area contributed by atoms with Gasteiger partial charge in [0.1, 0.15) is 0 Å². The maximum absolute atomic E-state index is 12.0. The van der Waals surface area contributed by atoms with E-state index in [-0.39, 0.29) is 11.5 Å². The van der Waals surface area contributed by atoms with Gasteiger partial charge in [-0.05, 0) is 31.9 Å². The summed E-state index contributed by atoms with van der Waals surface area (Å²) < 4.78 is 21.5. The summed E-state index contributed by atoms with van der Waals surface area (Å²) in [6, 6.07) is 9.33. The molecule has 0 amide bonds. The van der Waals surface area contributed by atoms with Crippen molar-refractivity contribution in [2.45, 2.75) is 19.6 Å². The zero-order valence-corrected chi connectivity index (χ0v) is 12.8. The van der Waals surface area contributed by atoms with Crippen LogP contribution in [0.1, 0.15) is 19.4 Å². The van der Waals surface area contributed by atoms with E-state index < -0.39 is 11.8 Å². The summed E-state index contributed by atoms with van der Waals surface area (Å²) in [6.45, 7) is 4.21. The molecule has 0 saturated heterocycles. The van der Waals surface area contributed by atoms with E-state index in [1.165, 1.54) is 7.11 Å². The number of hydrogen-bond acceptors (Lipinski definition) is 5. The highest BCUT2D eigenvalue weighted by Gasteiger charge is 2.51. The van der Waals surface area contributed by atoms with E-state index in [4.69, 9.17) is 18.9 Å². The van der Waals surface area contributed by atoms with Gasteiger partial charge < -0.3 is 18.9 Å². The third-order valence-electron chi connectivity index (χ3n) is 2.94. The Morgan fingerprint density at radius 1 is 1.14 bits per heavy atom. The summed E-state index contributed by atoms with van der Waals surface area (Å²) in [4.78, 5) is 12.0. The van der Waals surface area contributed by atoms with E-state index in [2.05, 4.69) is 11.8 Å². The van der Waals surface area contributed by atoms with Crippen molar-refractivity contribution in [1.29, 1.82) is 0 Å². The monoisotopic (exact) mass is 302 g/mol. The lowest BCUT2D eigenvalue weighted by Gasteiger charge is -2.22.